The van der Waals surface area contributed by atoms with Gasteiger partial charge in [-0.15, -0.1) is 11.3 Å². The predicted molar refractivity (Wildman–Crippen MR) is 215 cm³/mol. The summed E-state index contributed by atoms with van der Waals surface area (Å²) in [5.74, 6) is 0. The number of nitrogens with zero attached hydrogens (tertiary/aromatic N) is 1. The molecule has 0 spiro atoms. The van der Waals surface area contributed by atoms with E-state index in [2.05, 4.69) is 184 Å². The van der Waals surface area contributed by atoms with Crippen molar-refractivity contribution in [3.05, 3.63) is 174 Å². The van der Waals surface area contributed by atoms with Crippen molar-refractivity contribution >= 4 is 48.6 Å². The molecular formula is C48H37NS. The van der Waals surface area contributed by atoms with Gasteiger partial charge in [0.2, 0.25) is 0 Å². The smallest absolute Gasteiger partial charge is 0.0508 e. The van der Waals surface area contributed by atoms with Gasteiger partial charge in [0.25, 0.3) is 0 Å². The van der Waals surface area contributed by atoms with Gasteiger partial charge in [-0.05, 0) is 98.1 Å². The van der Waals surface area contributed by atoms with E-state index in [4.69, 9.17) is 0 Å². The van der Waals surface area contributed by atoms with Crippen LogP contribution < -0.4 is 4.90 Å². The first-order chi connectivity index (χ1) is 24.3. The fourth-order valence-electron chi connectivity index (χ4n) is 9.15. The Labute approximate surface area is 298 Å². The number of thiophene rings is 1. The molecule has 0 bridgehead atoms. The molecule has 50 heavy (non-hydrogen) atoms. The Morgan fingerprint density at radius 2 is 0.940 bits per heavy atom. The summed E-state index contributed by atoms with van der Waals surface area (Å²) in [6, 6.07) is 56.7. The summed E-state index contributed by atoms with van der Waals surface area (Å²) >= 11 is 1.87. The van der Waals surface area contributed by atoms with E-state index in [0.29, 0.717) is 0 Å². The summed E-state index contributed by atoms with van der Waals surface area (Å²) in [4.78, 5) is 2.57. The molecule has 0 amide bonds. The maximum atomic E-state index is 2.57. The van der Waals surface area contributed by atoms with Crippen molar-refractivity contribution in [1.29, 1.82) is 0 Å². The Hall–Kier alpha value is -5.44. The fraction of sp³-hybridized carbons (Fsp3) is 0.125. The molecule has 8 aromatic rings. The van der Waals surface area contributed by atoms with E-state index in [1.807, 2.05) is 11.3 Å². The van der Waals surface area contributed by atoms with Crippen molar-refractivity contribution in [2.45, 2.75) is 38.5 Å². The summed E-state index contributed by atoms with van der Waals surface area (Å²) < 4.78 is 2.67. The first kappa shape index (κ1) is 29.5. The van der Waals surface area contributed by atoms with Crippen LogP contribution in [0.1, 0.15) is 49.9 Å². The van der Waals surface area contributed by atoms with Crippen LogP contribution in [0, 0.1) is 0 Å². The second kappa shape index (κ2) is 10.5. The topological polar surface area (TPSA) is 3.24 Å². The number of hydrogen-bond acceptors (Lipinski definition) is 2. The summed E-state index contributed by atoms with van der Waals surface area (Å²) in [5, 5.41) is 2.65. The van der Waals surface area contributed by atoms with E-state index < -0.39 is 0 Å². The van der Waals surface area contributed by atoms with Crippen LogP contribution in [-0.2, 0) is 10.8 Å². The van der Waals surface area contributed by atoms with Crippen molar-refractivity contribution in [2.24, 2.45) is 0 Å². The van der Waals surface area contributed by atoms with Crippen molar-refractivity contribution in [1.82, 2.24) is 0 Å². The highest BCUT2D eigenvalue weighted by Crippen LogP contribution is 2.58. The Bertz CT molecular complexity index is 2560. The lowest BCUT2D eigenvalue weighted by Crippen LogP contribution is -2.24. The highest BCUT2D eigenvalue weighted by Gasteiger charge is 2.42. The van der Waals surface area contributed by atoms with Crippen LogP contribution >= 0.6 is 11.3 Å². The summed E-state index contributed by atoms with van der Waals surface area (Å²) in [6.45, 7) is 9.58. The van der Waals surface area contributed by atoms with Gasteiger partial charge in [-0.1, -0.05) is 137 Å². The Morgan fingerprint density at radius 1 is 0.420 bits per heavy atom. The van der Waals surface area contributed by atoms with E-state index >= 15 is 0 Å². The second-order valence-electron chi connectivity index (χ2n) is 14.9. The van der Waals surface area contributed by atoms with Gasteiger partial charge >= 0.3 is 0 Å². The molecule has 0 fully saturated rings. The second-order valence-corrected chi connectivity index (χ2v) is 16.0. The standard InChI is InChI=1S/C48H37NS/c1-47(2)39-21-8-5-16-33(39)36-19-12-23-41(45(36)47)49(42-24-13-20-37-34-17-6-9-22-40(34)48(3,4)46(37)42)32-15-11-14-30(28-32)31-26-27-44-38(29-31)35-18-7-10-25-43(35)50-44/h5-29H,1-4H3. The molecule has 0 aliphatic heterocycles. The molecule has 0 saturated carbocycles. The summed E-state index contributed by atoms with van der Waals surface area (Å²) in [5.41, 5.74) is 16.6. The molecule has 10 rings (SSSR count). The maximum Gasteiger partial charge on any atom is 0.0508 e. The zero-order valence-electron chi connectivity index (χ0n) is 28.8. The molecule has 0 radical (unpaired) electrons. The van der Waals surface area contributed by atoms with Gasteiger partial charge in [0, 0.05) is 36.7 Å². The lowest BCUT2D eigenvalue weighted by molar-refractivity contribution is 0.656. The monoisotopic (exact) mass is 659 g/mol. The average molecular weight is 660 g/mol. The predicted octanol–water partition coefficient (Wildman–Crippen LogP) is 13.8. The fourth-order valence-corrected chi connectivity index (χ4v) is 10.2. The van der Waals surface area contributed by atoms with Crippen molar-refractivity contribution < 1.29 is 0 Å². The van der Waals surface area contributed by atoms with Crippen LogP contribution in [0.4, 0.5) is 17.1 Å². The number of anilines is 3. The van der Waals surface area contributed by atoms with Gasteiger partial charge in [-0.2, -0.15) is 0 Å². The average Bonchev–Trinajstić information content (AvgIpc) is 3.72. The van der Waals surface area contributed by atoms with E-state index in [0.717, 1.165) is 5.69 Å². The van der Waals surface area contributed by atoms with Crippen LogP contribution in [0.15, 0.2) is 152 Å². The lowest BCUT2D eigenvalue weighted by atomic mass is 9.80. The molecular weight excluding hydrogens is 623 g/mol. The molecule has 1 aromatic heterocycles. The maximum absolute atomic E-state index is 2.57. The Kier molecular flexibility index (Phi) is 6.21. The minimum atomic E-state index is -0.167. The normalized spacial score (nSPS) is 14.7. The van der Waals surface area contributed by atoms with Crippen LogP contribution in [0.5, 0.6) is 0 Å². The number of fused-ring (bicyclic) bond motifs is 9. The number of hydrogen-bond donors (Lipinski definition) is 0. The van der Waals surface area contributed by atoms with Gasteiger partial charge in [-0.25, -0.2) is 0 Å². The number of benzene rings is 7. The minimum Gasteiger partial charge on any atom is -0.310 e. The molecule has 2 aliphatic carbocycles. The van der Waals surface area contributed by atoms with E-state index in [9.17, 15) is 0 Å². The zero-order chi connectivity index (χ0) is 33.8. The summed E-state index contributed by atoms with van der Waals surface area (Å²) in [6.07, 6.45) is 0. The third-order valence-electron chi connectivity index (χ3n) is 11.4. The molecule has 2 aliphatic rings. The van der Waals surface area contributed by atoms with Gasteiger partial charge in [-0.3, -0.25) is 0 Å². The van der Waals surface area contributed by atoms with Gasteiger partial charge < -0.3 is 4.90 Å². The molecule has 2 heteroatoms. The Balaban J connectivity index is 1.23. The highest BCUT2D eigenvalue weighted by molar-refractivity contribution is 7.25. The van der Waals surface area contributed by atoms with E-state index in [-0.39, 0.29) is 10.8 Å². The van der Waals surface area contributed by atoms with Gasteiger partial charge in [0.1, 0.15) is 0 Å². The molecule has 1 heterocycles. The van der Waals surface area contributed by atoms with Crippen LogP contribution in [-0.4, -0.2) is 0 Å². The molecule has 0 N–H and O–H groups in total. The third kappa shape index (κ3) is 4.06. The highest BCUT2D eigenvalue weighted by atomic mass is 32.1. The van der Waals surface area contributed by atoms with Crippen LogP contribution in [0.25, 0.3) is 53.6 Å². The van der Waals surface area contributed by atoms with Crippen molar-refractivity contribution in [3.63, 3.8) is 0 Å². The zero-order valence-corrected chi connectivity index (χ0v) is 29.6. The van der Waals surface area contributed by atoms with Crippen molar-refractivity contribution in [2.75, 3.05) is 4.90 Å². The molecule has 0 atom stereocenters. The quantitative estimate of drug-likeness (QED) is 0.182. The number of rotatable bonds is 4. The van der Waals surface area contributed by atoms with E-state index in [1.165, 1.54) is 87.2 Å². The molecule has 0 unspecified atom stereocenters. The molecule has 240 valence electrons. The van der Waals surface area contributed by atoms with Crippen LogP contribution in [0.3, 0.4) is 0 Å². The van der Waals surface area contributed by atoms with E-state index in [1.54, 1.807) is 0 Å². The summed E-state index contributed by atoms with van der Waals surface area (Å²) in [7, 11) is 0. The van der Waals surface area contributed by atoms with Gasteiger partial charge in [0.15, 0.2) is 0 Å². The minimum absolute atomic E-state index is 0.167. The third-order valence-corrected chi connectivity index (χ3v) is 12.6. The van der Waals surface area contributed by atoms with Crippen LogP contribution in [0.2, 0.25) is 0 Å². The SMILES string of the molecule is CC1(C)c2ccccc2-c2cccc(N(c3cccc(-c4ccc5sc6ccccc6c5c4)c3)c3cccc4c3C(C)(C)c3ccccc3-4)c21. The van der Waals surface area contributed by atoms with Crippen molar-refractivity contribution in [3.8, 4) is 33.4 Å². The Morgan fingerprint density at radius 3 is 1.60 bits per heavy atom. The molecule has 0 saturated heterocycles. The first-order valence-electron chi connectivity index (χ1n) is 17.6. The first-order valence-corrected chi connectivity index (χ1v) is 18.4. The largest absolute Gasteiger partial charge is 0.310 e. The molecule has 7 aromatic carbocycles. The van der Waals surface area contributed by atoms with Gasteiger partial charge in [0.05, 0.1) is 11.4 Å². The lowest BCUT2D eigenvalue weighted by Gasteiger charge is -2.35. The molecule has 1 nitrogen and oxygen atoms in total.